The van der Waals surface area contributed by atoms with Gasteiger partial charge in [0.1, 0.15) is 11.5 Å². The van der Waals surface area contributed by atoms with E-state index >= 15 is 0 Å². The Kier molecular flexibility index (Phi) is 6.16. The summed E-state index contributed by atoms with van der Waals surface area (Å²) in [7, 11) is -1.77. The lowest BCUT2D eigenvalue weighted by Crippen LogP contribution is -2.26. The highest BCUT2D eigenvalue weighted by molar-refractivity contribution is 6.70. The summed E-state index contributed by atoms with van der Waals surface area (Å²) >= 11 is 0. The van der Waals surface area contributed by atoms with E-state index in [1.54, 1.807) is 0 Å². The molecule has 17 heavy (non-hydrogen) atoms. The Morgan fingerprint density at radius 1 is 1.06 bits per heavy atom. The zero-order valence-electron chi connectivity index (χ0n) is 11.5. The standard InChI is InChI=1S/C12H22O4Si/c1-7-11(16-17(4,5)6)12(8-9(2)13)15-10(3)14/h7-8H2,1-6H3/b12-11-. The molecule has 0 fully saturated rings. The molecule has 0 aromatic heterocycles. The van der Waals surface area contributed by atoms with Crippen molar-refractivity contribution in [2.24, 2.45) is 0 Å². The Morgan fingerprint density at radius 2 is 1.59 bits per heavy atom. The van der Waals surface area contributed by atoms with Crippen LogP contribution in [0.2, 0.25) is 19.6 Å². The van der Waals surface area contributed by atoms with Gasteiger partial charge in [0.25, 0.3) is 0 Å². The minimum Gasteiger partial charge on any atom is -0.545 e. The van der Waals surface area contributed by atoms with Crippen molar-refractivity contribution in [1.82, 2.24) is 0 Å². The number of carbonyl (C=O) groups excluding carboxylic acids is 2. The lowest BCUT2D eigenvalue weighted by molar-refractivity contribution is -0.137. The van der Waals surface area contributed by atoms with Crippen LogP contribution in [0.4, 0.5) is 0 Å². The first-order valence-electron chi connectivity index (χ1n) is 5.74. The smallest absolute Gasteiger partial charge is 0.307 e. The van der Waals surface area contributed by atoms with Crippen molar-refractivity contribution in [1.29, 1.82) is 0 Å². The van der Waals surface area contributed by atoms with E-state index < -0.39 is 14.3 Å². The Bertz CT molecular complexity index is 308. The summed E-state index contributed by atoms with van der Waals surface area (Å²) in [5.74, 6) is 0.502. The van der Waals surface area contributed by atoms with Crippen molar-refractivity contribution in [2.75, 3.05) is 0 Å². The summed E-state index contributed by atoms with van der Waals surface area (Å²) in [5.41, 5.74) is 0. The molecule has 0 bridgehead atoms. The van der Waals surface area contributed by atoms with Gasteiger partial charge in [-0.3, -0.25) is 9.59 Å². The molecular weight excluding hydrogens is 236 g/mol. The van der Waals surface area contributed by atoms with E-state index in [9.17, 15) is 9.59 Å². The van der Waals surface area contributed by atoms with Crippen molar-refractivity contribution in [3.63, 3.8) is 0 Å². The van der Waals surface area contributed by atoms with Crippen LogP contribution in [0.25, 0.3) is 0 Å². The highest BCUT2D eigenvalue weighted by atomic mass is 28.4. The van der Waals surface area contributed by atoms with E-state index in [-0.39, 0.29) is 12.2 Å². The molecule has 0 heterocycles. The fourth-order valence-electron chi connectivity index (χ4n) is 1.29. The highest BCUT2D eigenvalue weighted by Gasteiger charge is 2.21. The quantitative estimate of drug-likeness (QED) is 0.417. The van der Waals surface area contributed by atoms with Crippen LogP contribution >= 0.6 is 0 Å². The van der Waals surface area contributed by atoms with Gasteiger partial charge in [-0.15, -0.1) is 0 Å². The highest BCUT2D eigenvalue weighted by Crippen LogP contribution is 2.20. The number of rotatable bonds is 6. The third-order valence-corrected chi connectivity index (χ3v) is 2.60. The van der Waals surface area contributed by atoms with Crippen molar-refractivity contribution in [2.45, 2.75) is 53.3 Å². The van der Waals surface area contributed by atoms with Crippen LogP contribution in [0.1, 0.15) is 33.6 Å². The monoisotopic (exact) mass is 258 g/mol. The lowest BCUT2D eigenvalue weighted by Gasteiger charge is -2.23. The Morgan fingerprint density at radius 3 is 1.88 bits per heavy atom. The van der Waals surface area contributed by atoms with Crippen LogP contribution in [0.15, 0.2) is 11.5 Å². The second-order valence-electron chi connectivity index (χ2n) is 4.89. The molecule has 0 spiro atoms. The normalized spacial score (nSPS) is 12.8. The third kappa shape index (κ3) is 7.74. The second kappa shape index (κ2) is 6.59. The van der Waals surface area contributed by atoms with Crippen LogP contribution in [0, 0.1) is 0 Å². The summed E-state index contributed by atoms with van der Waals surface area (Å²) in [4.78, 5) is 22.2. The first-order valence-corrected chi connectivity index (χ1v) is 9.15. The predicted octanol–water partition coefficient (Wildman–Crippen LogP) is 3.00. The molecule has 0 aromatic carbocycles. The summed E-state index contributed by atoms with van der Waals surface area (Å²) in [5, 5.41) is 0. The molecule has 0 unspecified atom stereocenters. The van der Waals surface area contributed by atoms with Gasteiger partial charge in [0.2, 0.25) is 8.32 Å². The van der Waals surface area contributed by atoms with Crippen LogP contribution < -0.4 is 0 Å². The van der Waals surface area contributed by atoms with Gasteiger partial charge in [0.15, 0.2) is 5.76 Å². The molecule has 0 N–H and O–H groups in total. The van der Waals surface area contributed by atoms with Crippen molar-refractivity contribution in [3.05, 3.63) is 11.5 Å². The molecule has 5 heteroatoms. The number of esters is 1. The van der Waals surface area contributed by atoms with Crippen LogP contribution in [-0.2, 0) is 18.8 Å². The Hall–Kier alpha value is -1.10. The van der Waals surface area contributed by atoms with Gasteiger partial charge in [-0.05, 0) is 26.6 Å². The Balaban J connectivity index is 5.12. The fraction of sp³-hybridized carbons (Fsp3) is 0.667. The van der Waals surface area contributed by atoms with E-state index in [4.69, 9.17) is 9.16 Å². The number of hydrogen-bond acceptors (Lipinski definition) is 4. The minimum atomic E-state index is -1.77. The summed E-state index contributed by atoms with van der Waals surface area (Å²) in [6.07, 6.45) is 0.716. The van der Waals surface area contributed by atoms with Gasteiger partial charge in [-0.25, -0.2) is 0 Å². The van der Waals surface area contributed by atoms with E-state index in [0.29, 0.717) is 17.9 Å². The van der Waals surface area contributed by atoms with Gasteiger partial charge < -0.3 is 9.16 Å². The number of Topliss-reactive ketones (excluding diaryl/α,β-unsaturated/α-hetero) is 1. The summed E-state index contributed by atoms with van der Waals surface area (Å²) in [6, 6.07) is 0. The number of hydrogen-bond donors (Lipinski definition) is 0. The molecule has 0 aliphatic carbocycles. The van der Waals surface area contributed by atoms with Crippen LogP contribution in [0.3, 0.4) is 0 Å². The van der Waals surface area contributed by atoms with E-state index in [0.717, 1.165) is 0 Å². The molecular formula is C12H22O4Si. The zero-order chi connectivity index (χ0) is 13.6. The second-order valence-corrected chi connectivity index (χ2v) is 9.32. The average molecular weight is 258 g/mol. The van der Waals surface area contributed by atoms with Crippen molar-refractivity contribution >= 4 is 20.1 Å². The number of ketones is 1. The van der Waals surface area contributed by atoms with Gasteiger partial charge >= 0.3 is 5.97 Å². The van der Waals surface area contributed by atoms with Gasteiger partial charge in [0.05, 0.1) is 6.42 Å². The predicted molar refractivity (Wildman–Crippen MR) is 68.8 cm³/mol. The molecule has 98 valence electrons. The Labute approximate surface area is 104 Å². The maximum Gasteiger partial charge on any atom is 0.307 e. The molecule has 0 aromatic rings. The van der Waals surface area contributed by atoms with Crippen molar-refractivity contribution in [3.8, 4) is 0 Å². The van der Waals surface area contributed by atoms with Crippen LogP contribution in [0.5, 0.6) is 0 Å². The SMILES string of the molecule is CC/C(O[Si](C)(C)C)=C(\CC(C)=O)OC(C)=O. The molecule has 0 aliphatic heterocycles. The van der Waals surface area contributed by atoms with Gasteiger partial charge in [-0.2, -0.15) is 0 Å². The lowest BCUT2D eigenvalue weighted by atomic mass is 10.2. The largest absolute Gasteiger partial charge is 0.545 e. The zero-order valence-corrected chi connectivity index (χ0v) is 12.5. The molecule has 0 rings (SSSR count). The molecule has 4 nitrogen and oxygen atoms in total. The summed E-state index contributed by atoms with van der Waals surface area (Å²) in [6.45, 7) is 10.8. The number of ether oxygens (including phenoxy) is 1. The molecule has 0 atom stereocenters. The minimum absolute atomic E-state index is 0.0497. The first-order chi connectivity index (χ1) is 7.65. The van der Waals surface area contributed by atoms with E-state index in [1.165, 1.54) is 13.8 Å². The molecule has 0 saturated carbocycles. The maximum atomic E-state index is 11.2. The molecule has 0 aliphatic rings. The third-order valence-electron chi connectivity index (χ3n) is 1.74. The average Bonchev–Trinajstić information content (AvgIpc) is 2.10. The fourth-order valence-corrected chi connectivity index (χ4v) is 2.28. The van der Waals surface area contributed by atoms with E-state index in [1.807, 2.05) is 26.6 Å². The number of allylic oxidation sites excluding steroid dienone is 2. The van der Waals surface area contributed by atoms with E-state index in [2.05, 4.69) is 0 Å². The van der Waals surface area contributed by atoms with Gasteiger partial charge in [0, 0.05) is 13.3 Å². The molecule has 0 saturated heterocycles. The number of carbonyl (C=O) groups is 2. The molecule has 0 amide bonds. The first kappa shape index (κ1) is 15.9. The topological polar surface area (TPSA) is 52.6 Å². The van der Waals surface area contributed by atoms with Gasteiger partial charge in [-0.1, -0.05) is 6.92 Å². The summed E-state index contributed by atoms with van der Waals surface area (Å²) < 4.78 is 10.9. The molecule has 0 radical (unpaired) electrons. The van der Waals surface area contributed by atoms with Crippen molar-refractivity contribution < 1.29 is 18.8 Å². The van der Waals surface area contributed by atoms with Crippen LogP contribution in [-0.4, -0.2) is 20.1 Å². The maximum absolute atomic E-state index is 11.2.